The monoisotopic (exact) mass is 284 g/mol. The second-order valence-corrected chi connectivity index (χ2v) is 4.27. The predicted molar refractivity (Wildman–Crippen MR) is 70.9 cm³/mol. The third kappa shape index (κ3) is 3.00. The number of aryl methyl sites for hydroxylation is 1. The Morgan fingerprint density at radius 3 is 2.61 bits per heavy atom. The zero-order chi connectivity index (χ0) is 13.1. The molecule has 0 fully saturated rings. The molecule has 1 aromatic carbocycles. The summed E-state index contributed by atoms with van der Waals surface area (Å²) in [5, 5.41) is 3.58. The second-order valence-electron chi connectivity index (χ2n) is 3.52. The number of nitrogens with zero attached hydrogens (tertiary/aromatic N) is 3. The molecule has 0 saturated heterocycles. The van der Waals surface area contributed by atoms with Gasteiger partial charge in [-0.15, -0.1) is 0 Å². The van der Waals surface area contributed by atoms with Crippen LogP contribution >= 0.6 is 23.2 Å². The van der Waals surface area contributed by atoms with Crippen LogP contribution in [0.25, 0.3) is 0 Å². The van der Waals surface area contributed by atoms with E-state index in [0.717, 1.165) is 5.56 Å². The van der Waals surface area contributed by atoms with Crippen LogP contribution in [-0.4, -0.2) is 22.1 Å². The molecule has 0 aliphatic carbocycles. The molecule has 5 nitrogen and oxygen atoms in total. The molecular weight excluding hydrogens is 275 g/mol. The fourth-order valence-corrected chi connectivity index (χ4v) is 1.76. The molecule has 0 atom stereocenters. The number of nitrogens with one attached hydrogen (secondary N) is 1. The molecule has 7 heteroatoms. The van der Waals surface area contributed by atoms with E-state index in [2.05, 4.69) is 20.3 Å². The molecule has 0 radical (unpaired) electrons. The number of rotatable bonds is 3. The van der Waals surface area contributed by atoms with Gasteiger partial charge in [-0.05, 0) is 36.2 Å². The van der Waals surface area contributed by atoms with Crippen LogP contribution in [-0.2, 0) is 0 Å². The van der Waals surface area contributed by atoms with Gasteiger partial charge in [-0.1, -0.05) is 17.7 Å². The molecule has 0 aliphatic rings. The first kappa shape index (κ1) is 12.9. The lowest BCUT2D eigenvalue weighted by atomic mass is 10.2. The predicted octanol–water partition coefficient (Wildman–Crippen LogP) is 3.24. The van der Waals surface area contributed by atoms with Crippen molar-refractivity contribution < 1.29 is 4.74 Å². The Morgan fingerprint density at radius 2 is 1.94 bits per heavy atom. The number of benzene rings is 1. The van der Waals surface area contributed by atoms with E-state index in [0.29, 0.717) is 10.7 Å². The summed E-state index contributed by atoms with van der Waals surface area (Å²) in [7, 11) is 1.45. The minimum atomic E-state index is 0.0487. The van der Waals surface area contributed by atoms with Crippen LogP contribution in [0.1, 0.15) is 5.56 Å². The summed E-state index contributed by atoms with van der Waals surface area (Å²) >= 11 is 11.8. The molecule has 0 aliphatic heterocycles. The first-order valence-electron chi connectivity index (χ1n) is 5.07. The number of hydrogen-bond donors (Lipinski definition) is 1. The van der Waals surface area contributed by atoms with Gasteiger partial charge in [-0.3, -0.25) is 0 Å². The Bertz CT molecular complexity index is 577. The molecule has 1 N–H and O–H groups in total. The van der Waals surface area contributed by atoms with E-state index in [-0.39, 0.29) is 17.2 Å². The van der Waals surface area contributed by atoms with E-state index in [1.807, 2.05) is 25.1 Å². The average molecular weight is 285 g/mol. The van der Waals surface area contributed by atoms with Crippen LogP contribution < -0.4 is 10.1 Å². The number of ether oxygens (including phenoxy) is 1. The smallest absolute Gasteiger partial charge is 0.322 e. The summed E-state index contributed by atoms with van der Waals surface area (Å²) in [4.78, 5) is 11.7. The van der Waals surface area contributed by atoms with Gasteiger partial charge in [0.15, 0.2) is 0 Å². The third-order valence-electron chi connectivity index (χ3n) is 2.14. The van der Waals surface area contributed by atoms with Crippen LogP contribution in [0.2, 0.25) is 10.3 Å². The minimum absolute atomic E-state index is 0.0487. The molecule has 2 rings (SSSR count). The van der Waals surface area contributed by atoms with Gasteiger partial charge < -0.3 is 10.1 Å². The van der Waals surface area contributed by atoms with Crippen molar-refractivity contribution in [2.45, 2.75) is 6.92 Å². The van der Waals surface area contributed by atoms with Crippen molar-refractivity contribution in [2.24, 2.45) is 0 Å². The van der Waals surface area contributed by atoms with Gasteiger partial charge in [-0.25, -0.2) is 0 Å². The summed E-state index contributed by atoms with van der Waals surface area (Å²) in [5.41, 5.74) is 1.75. The molecule has 0 unspecified atom stereocenters. The SMILES string of the molecule is COc1nc(Cl)nc(Nc2ccc(C)cc2Cl)n1. The molecule has 18 heavy (non-hydrogen) atoms. The van der Waals surface area contributed by atoms with Gasteiger partial charge in [0.25, 0.3) is 0 Å². The summed E-state index contributed by atoms with van der Waals surface area (Å²) in [5.74, 6) is 0.276. The van der Waals surface area contributed by atoms with Crippen molar-refractivity contribution in [3.05, 3.63) is 34.1 Å². The standard InChI is InChI=1S/C11H10Cl2N4O/c1-6-3-4-8(7(12)5-6)14-10-15-9(13)16-11(17-10)18-2/h3-5H,1-2H3,(H,14,15,16,17). The fourth-order valence-electron chi connectivity index (χ4n) is 1.32. The number of methoxy groups -OCH3 is 1. The molecule has 0 saturated carbocycles. The quantitative estimate of drug-likeness (QED) is 0.938. The van der Waals surface area contributed by atoms with Crippen LogP contribution in [0.3, 0.4) is 0 Å². The van der Waals surface area contributed by atoms with Gasteiger partial charge in [0.2, 0.25) is 11.2 Å². The topological polar surface area (TPSA) is 59.9 Å². The van der Waals surface area contributed by atoms with Gasteiger partial charge >= 0.3 is 6.01 Å². The largest absolute Gasteiger partial charge is 0.467 e. The van der Waals surface area contributed by atoms with E-state index in [9.17, 15) is 0 Å². The molecule has 0 amide bonds. The molecule has 2 aromatic rings. The van der Waals surface area contributed by atoms with Crippen molar-refractivity contribution in [2.75, 3.05) is 12.4 Å². The number of anilines is 2. The summed E-state index contributed by atoms with van der Waals surface area (Å²) in [6.07, 6.45) is 0. The highest BCUT2D eigenvalue weighted by Crippen LogP contribution is 2.25. The zero-order valence-electron chi connectivity index (χ0n) is 9.74. The number of hydrogen-bond acceptors (Lipinski definition) is 5. The van der Waals surface area contributed by atoms with Crippen molar-refractivity contribution in [3.8, 4) is 6.01 Å². The van der Waals surface area contributed by atoms with Gasteiger partial charge in [0.1, 0.15) is 0 Å². The van der Waals surface area contributed by atoms with E-state index >= 15 is 0 Å². The maximum absolute atomic E-state index is 6.09. The minimum Gasteiger partial charge on any atom is -0.467 e. The summed E-state index contributed by atoms with van der Waals surface area (Å²) in [6, 6.07) is 5.74. The second kappa shape index (κ2) is 5.37. The molecule has 94 valence electrons. The van der Waals surface area contributed by atoms with Crippen LogP contribution in [0.15, 0.2) is 18.2 Å². The first-order valence-corrected chi connectivity index (χ1v) is 5.83. The van der Waals surface area contributed by atoms with E-state index in [1.54, 1.807) is 0 Å². The molecule has 0 spiro atoms. The maximum Gasteiger partial charge on any atom is 0.322 e. The lowest BCUT2D eigenvalue weighted by Crippen LogP contribution is -2.02. The van der Waals surface area contributed by atoms with Crippen LogP contribution in [0.5, 0.6) is 6.01 Å². The zero-order valence-corrected chi connectivity index (χ0v) is 11.2. The lowest BCUT2D eigenvalue weighted by molar-refractivity contribution is 0.379. The normalized spacial score (nSPS) is 10.2. The Kier molecular flexibility index (Phi) is 3.84. The summed E-state index contributed by atoms with van der Waals surface area (Å²) in [6.45, 7) is 1.96. The van der Waals surface area contributed by atoms with Gasteiger partial charge in [0, 0.05) is 0 Å². The average Bonchev–Trinajstić information content (AvgIpc) is 2.32. The van der Waals surface area contributed by atoms with Crippen molar-refractivity contribution in [3.63, 3.8) is 0 Å². The molecular formula is C11H10Cl2N4O. The van der Waals surface area contributed by atoms with E-state index in [4.69, 9.17) is 27.9 Å². The Labute approximate surface area is 114 Å². The highest BCUT2D eigenvalue weighted by Gasteiger charge is 2.07. The lowest BCUT2D eigenvalue weighted by Gasteiger charge is -2.08. The maximum atomic E-state index is 6.09. The van der Waals surface area contributed by atoms with Gasteiger partial charge in [0.05, 0.1) is 17.8 Å². The highest BCUT2D eigenvalue weighted by atomic mass is 35.5. The van der Waals surface area contributed by atoms with Crippen molar-refractivity contribution >= 4 is 34.8 Å². The van der Waals surface area contributed by atoms with E-state index in [1.165, 1.54) is 7.11 Å². The van der Waals surface area contributed by atoms with Crippen LogP contribution in [0.4, 0.5) is 11.6 Å². The fraction of sp³-hybridized carbons (Fsp3) is 0.182. The van der Waals surface area contributed by atoms with E-state index < -0.39 is 0 Å². The summed E-state index contributed by atoms with van der Waals surface area (Å²) < 4.78 is 4.90. The Balaban J connectivity index is 2.30. The number of aromatic nitrogens is 3. The Morgan fingerprint density at radius 1 is 1.17 bits per heavy atom. The van der Waals surface area contributed by atoms with Crippen molar-refractivity contribution in [1.29, 1.82) is 0 Å². The first-order chi connectivity index (χ1) is 8.58. The molecule has 1 aromatic heterocycles. The third-order valence-corrected chi connectivity index (χ3v) is 2.62. The Hall–Kier alpha value is -1.59. The molecule has 1 heterocycles. The van der Waals surface area contributed by atoms with Gasteiger partial charge in [-0.2, -0.15) is 15.0 Å². The van der Waals surface area contributed by atoms with Crippen LogP contribution in [0, 0.1) is 6.92 Å². The molecule has 0 bridgehead atoms. The van der Waals surface area contributed by atoms with Crippen molar-refractivity contribution in [1.82, 2.24) is 15.0 Å². The number of halogens is 2. The highest BCUT2D eigenvalue weighted by molar-refractivity contribution is 6.33.